The zero-order valence-corrected chi connectivity index (χ0v) is 49.3. The van der Waals surface area contributed by atoms with Gasteiger partial charge in [0.2, 0.25) is 0 Å². The molecule has 0 N–H and O–H groups in total. The predicted octanol–water partition coefficient (Wildman–Crippen LogP) is 22.2. The lowest BCUT2D eigenvalue weighted by molar-refractivity contribution is 1.07. The Hall–Kier alpha value is -11.3. The zero-order chi connectivity index (χ0) is 58.3. The van der Waals surface area contributed by atoms with Crippen LogP contribution in [0.4, 0.5) is 0 Å². The molecule has 0 aliphatic rings. The highest BCUT2D eigenvalue weighted by Gasteiger charge is 2.26. The van der Waals surface area contributed by atoms with Gasteiger partial charge in [0.15, 0.2) is 17.5 Å². The van der Waals surface area contributed by atoms with Crippen molar-refractivity contribution in [3.63, 3.8) is 0 Å². The lowest BCUT2D eigenvalue weighted by Gasteiger charge is -2.21. The normalized spacial score (nSPS) is 12.0. The van der Waals surface area contributed by atoms with E-state index in [0.717, 1.165) is 77.8 Å². The fraction of sp³-hybridized carbons (Fsp3) is 0. The van der Waals surface area contributed by atoms with Crippen molar-refractivity contribution in [2.45, 2.75) is 0 Å². The third-order valence-corrected chi connectivity index (χ3v) is 20.3. The number of rotatable bonds is 8. The van der Waals surface area contributed by atoms with Crippen LogP contribution in [0.25, 0.3) is 179 Å². The van der Waals surface area contributed by atoms with Crippen molar-refractivity contribution >= 4 is 128 Å². The molecule has 0 aliphatic heterocycles. The summed E-state index contributed by atoms with van der Waals surface area (Å²) in [5.74, 6) is 1.83. The van der Waals surface area contributed by atoms with Gasteiger partial charge in [-0.05, 0) is 108 Å². The van der Waals surface area contributed by atoms with E-state index in [-0.39, 0.29) is 0 Å². The van der Waals surface area contributed by atoms with E-state index < -0.39 is 0 Å². The Morgan fingerprint density at radius 2 is 0.551 bits per heavy atom. The van der Waals surface area contributed by atoms with Crippen molar-refractivity contribution in [1.82, 2.24) is 28.7 Å². The molecule has 0 aliphatic carbocycles. The van der Waals surface area contributed by atoms with Crippen LogP contribution in [0.15, 0.2) is 291 Å². The van der Waals surface area contributed by atoms with Gasteiger partial charge in [0.1, 0.15) is 0 Å². The summed E-state index contributed by atoms with van der Waals surface area (Å²) in [5.41, 5.74) is 17.1. The van der Waals surface area contributed by atoms with Crippen molar-refractivity contribution in [3.8, 4) is 73.5 Å². The van der Waals surface area contributed by atoms with Crippen molar-refractivity contribution in [2.24, 2.45) is 0 Å². The van der Waals surface area contributed by atoms with Crippen LogP contribution in [-0.2, 0) is 0 Å². The Labute approximate surface area is 518 Å². The second kappa shape index (κ2) is 19.6. The molecular formula is C81H48N6S2. The van der Waals surface area contributed by atoms with E-state index >= 15 is 0 Å². The van der Waals surface area contributed by atoms with Gasteiger partial charge in [-0.2, -0.15) is 0 Å². The molecule has 89 heavy (non-hydrogen) atoms. The molecule has 0 amide bonds. The Bertz CT molecular complexity index is 5650. The molecule has 0 spiro atoms. The lowest BCUT2D eigenvalue weighted by Crippen LogP contribution is -2.04. The molecule has 0 unspecified atom stereocenters. The fourth-order valence-corrected chi connectivity index (χ4v) is 16.4. The molecule has 0 saturated carbocycles. The largest absolute Gasteiger partial charge is 0.309 e. The molecule has 0 atom stereocenters. The minimum absolute atomic E-state index is 0.590. The number of hydrogen-bond acceptors (Lipinski definition) is 5. The molecule has 13 aromatic carbocycles. The van der Waals surface area contributed by atoms with Gasteiger partial charge >= 0.3 is 0 Å². The first-order valence-electron chi connectivity index (χ1n) is 30.1. The van der Waals surface area contributed by atoms with Gasteiger partial charge in [-0.1, -0.05) is 194 Å². The van der Waals surface area contributed by atoms with Crippen molar-refractivity contribution < 1.29 is 0 Å². The highest BCUT2D eigenvalue weighted by molar-refractivity contribution is 7.26. The lowest BCUT2D eigenvalue weighted by atomic mass is 9.92. The van der Waals surface area contributed by atoms with Gasteiger partial charge in [0.05, 0.1) is 38.8 Å². The number of fused-ring (bicyclic) bond motifs is 15. The van der Waals surface area contributed by atoms with Gasteiger partial charge in [-0.15, -0.1) is 22.7 Å². The number of hydrogen-bond donors (Lipinski definition) is 0. The molecule has 0 saturated heterocycles. The average Bonchev–Trinajstić information content (AvgIpc) is 1.65. The average molecular weight is 1170 g/mol. The summed E-state index contributed by atoms with van der Waals surface area (Å²) < 4.78 is 12.3. The highest BCUT2D eigenvalue weighted by atomic mass is 32.1. The van der Waals surface area contributed by atoms with E-state index in [9.17, 15) is 0 Å². The number of benzene rings is 13. The maximum Gasteiger partial charge on any atom is 0.164 e. The van der Waals surface area contributed by atoms with Crippen molar-refractivity contribution in [1.29, 1.82) is 0 Å². The van der Waals surface area contributed by atoms with Crippen LogP contribution >= 0.6 is 22.7 Å². The molecule has 0 fully saturated rings. The molecule has 6 aromatic heterocycles. The molecule has 0 bridgehead atoms. The van der Waals surface area contributed by atoms with Gasteiger partial charge in [-0.3, -0.25) is 0 Å². The highest BCUT2D eigenvalue weighted by Crippen LogP contribution is 2.47. The molecule has 414 valence electrons. The molecule has 6 nitrogen and oxygen atoms in total. The van der Waals surface area contributed by atoms with E-state index in [0.29, 0.717) is 17.5 Å². The fourth-order valence-electron chi connectivity index (χ4n) is 14.1. The summed E-state index contributed by atoms with van der Waals surface area (Å²) in [5, 5.41) is 12.2. The minimum Gasteiger partial charge on any atom is -0.309 e. The summed E-state index contributed by atoms with van der Waals surface area (Å²) in [6.45, 7) is 0. The number of aromatic nitrogens is 6. The van der Waals surface area contributed by atoms with Crippen molar-refractivity contribution in [3.05, 3.63) is 291 Å². The van der Waals surface area contributed by atoms with Crippen LogP contribution in [0.3, 0.4) is 0 Å². The summed E-state index contributed by atoms with van der Waals surface area (Å²) >= 11 is 3.60. The summed E-state index contributed by atoms with van der Waals surface area (Å²) in [7, 11) is 0. The number of nitrogens with zero attached hydrogens (tertiary/aromatic N) is 6. The van der Waals surface area contributed by atoms with Crippen LogP contribution in [0.2, 0.25) is 0 Å². The third kappa shape index (κ3) is 7.77. The molecule has 6 heterocycles. The Balaban J connectivity index is 0.892. The van der Waals surface area contributed by atoms with Gasteiger partial charge in [0, 0.05) is 112 Å². The van der Waals surface area contributed by atoms with Crippen LogP contribution < -0.4 is 0 Å². The van der Waals surface area contributed by atoms with Crippen LogP contribution in [0, 0.1) is 0 Å². The van der Waals surface area contributed by atoms with Crippen LogP contribution in [0.1, 0.15) is 0 Å². The monoisotopic (exact) mass is 1170 g/mol. The topological polar surface area (TPSA) is 53.5 Å². The van der Waals surface area contributed by atoms with E-state index in [1.54, 1.807) is 22.7 Å². The van der Waals surface area contributed by atoms with Crippen molar-refractivity contribution in [2.75, 3.05) is 0 Å². The maximum absolute atomic E-state index is 5.55. The molecule has 19 aromatic rings. The zero-order valence-electron chi connectivity index (χ0n) is 47.7. The van der Waals surface area contributed by atoms with Crippen LogP contribution in [-0.4, -0.2) is 28.7 Å². The third-order valence-electron chi connectivity index (χ3n) is 18.1. The molecule has 19 rings (SSSR count). The summed E-state index contributed by atoms with van der Waals surface area (Å²) in [6, 6.07) is 106. The van der Waals surface area contributed by atoms with E-state index in [1.807, 2.05) is 0 Å². The first-order chi connectivity index (χ1) is 44.1. The molecular weight excluding hydrogens is 1120 g/mol. The molecule has 0 radical (unpaired) electrons. The SMILES string of the molecule is c1ccc(-c2cc(-c3nc(-c4ccc5c(c4)sc4ccccc45)nc(-c4ccc5c(c4)sc4ccccc45)n3)cc(-c3ccccc3)c2-n2c3ccc(-n4c5ccccc5c5ccccc54)cc3c3cc(-n4c5ccccc5c5ccccc54)ccc32)cc1. The van der Waals surface area contributed by atoms with Gasteiger partial charge in [0.25, 0.3) is 0 Å². The smallest absolute Gasteiger partial charge is 0.164 e. The van der Waals surface area contributed by atoms with E-state index in [4.69, 9.17) is 15.0 Å². The number of para-hydroxylation sites is 4. The van der Waals surface area contributed by atoms with Gasteiger partial charge < -0.3 is 13.7 Å². The first kappa shape index (κ1) is 49.9. The van der Waals surface area contributed by atoms with Crippen LogP contribution in [0.5, 0.6) is 0 Å². The Morgan fingerprint density at radius 1 is 0.213 bits per heavy atom. The number of thiophene rings is 2. The molecule has 8 heteroatoms. The quantitative estimate of drug-likeness (QED) is 0.152. The first-order valence-corrected chi connectivity index (χ1v) is 31.7. The standard InChI is InChI=1S/C81H48N6S2/c1-3-19-49(20-4-1)64-43-53(81-83-79(51-35-39-62-60-27-11-17-33-74(60)88-76(62)45-51)82-80(84-81)52-36-40-63-61-28-12-18-34-75(61)89-77(63)46-52)44-65(50-21-5-2-6-22-50)78(64)87-72-41-37-54(85-68-29-13-7-23-56(68)57-24-8-14-30-69(57)85)47-66(72)67-48-55(38-42-73(67)87)86-70-31-15-9-25-58(70)59-26-10-16-32-71(59)86/h1-48H. The predicted molar refractivity (Wildman–Crippen MR) is 376 cm³/mol. The van der Waals surface area contributed by atoms with E-state index in [1.165, 1.54) is 84.0 Å². The minimum atomic E-state index is 0.590. The van der Waals surface area contributed by atoms with Gasteiger partial charge in [-0.25, -0.2) is 15.0 Å². The maximum atomic E-state index is 5.55. The summed E-state index contributed by atoms with van der Waals surface area (Å²) in [6.07, 6.45) is 0. The Morgan fingerprint density at radius 3 is 0.966 bits per heavy atom. The second-order valence-corrected chi connectivity index (χ2v) is 25.2. The summed E-state index contributed by atoms with van der Waals surface area (Å²) in [4.78, 5) is 16.5. The van der Waals surface area contributed by atoms with E-state index in [2.05, 4.69) is 305 Å². The Kier molecular flexibility index (Phi) is 11.0. The second-order valence-electron chi connectivity index (χ2n) is 23.1.